The minimum absolute atomic E-state index is 0.119. The molecule has 8 heteroatoms. The summed E-state index contributed by atoms with van der Waals surface area (Å²) in [6.07, 6.45) is 2.42. The van der Waals surface area contributed by atoms with Gasteiger partial charge in [0.1, 0.15) is 5.84 Å². The molecule has 0 saturated heterocycles. The van der Waals surface area contributed by atoms with E-state index < -0.39 is 10.2 Å². The van der Waals surface area contributed by atoms with Gasteiger partial charge in [-0.25, -0.2) is 4.72 Å². The Hall–Kier alpha value is -0.760. The van der Waals surface area contributed by atoms with Crippen LogP contribution in [0.5, 0.6) is 0 Å². The van der Waals surface area contributed by atoms with Crippen LogP contribution in [0.3, 0.4) is 0 Å². The van der Waals surface area contributed by atoms with Gasteiger partial charge in [-0.05, 0) is 6.26 Å². The molecule has 0 saturated carbocycles. The number of nitrogens with zero attached hydrogens (tertiary/aromatic N) is 2. The predicted octanol–water partition coefficient (Wildman–Crippen LogP) is -0.699. The van der Waals surface area contributed by atoms with E-state index in [4.69, 9.17) is 5.73 Å². The van der Waals surface area contributed by atoms with E-state index in [1.54, 1.807) is 11.8 Å². The maximum absolute atomic E-state index is 11.0. The molecular formula is C5H10N4O2S2. The molecule has 0 amide bonds. The zero-order valence-electron chi connectivity index (χ0n) is 7.02. The van der Waals surface area contributed by atoms with Crippen LogP contribution in [0.25, 0.3) is 0 Å². The van der Waals surface area contributed by atoms with Crippen LogP contribution in [0.2, 0.25) is 0 Å². The van der Waals surface area contributed by atoms with Crippen molar-refractivity contribution in [1.29, 1.82) is 0 Å². The normalized spacial score (nSPS) is 20.1. The van der Waals surface area contributed by atoms with Gasteiger partial charge in [-0.2, -0.15) is 25.2 Å². The van der Waals surface area contributed by atoms with Gasteiger partial charge in [0.15, 0.2) is 0 Å². The molecule has 1 aliphatic heterocycles. The van der Waals surface area contributed by atoms with Gasteiger partial charge < -0.3 is 5.73 Å². The number of aliphatic imine (C=N–C) groups is 1. The number of guanidine groups is 1. The molecule has 0 aromatic heterocycles. The van der Waals surface area contributed by atoms with E-state index in [2.05, 4.69) is 9.39 Å². The summed E-state index contributed by atoms with van der Waals surface area (Å²) in [7, 11) is -3.64. The van der Waals surface area contributed by atoms with E-state index in [0.717, 1.165) is 5.75 Å². The Morgan fingerprint density at radius 2 is 2.31 bits per heavy atom. The lowest BCUT2D eigenvalue weighted by molar-refractivity contribution is 0.593. The van der Waals surface area contributed by atoms with Crippen molar-refractivity contribution < 1.29 is 8.42 Å². The third-order valence-electron chi connectivity index (χ3n) is 1.24. The molecule has 0 atom stereocenters. The first-order chi connectivity index (χ1) is 6.03. The Morgan fingerprint density at radius 3 is 2.85 bits per heavy atom. The fraction of sp³-hybridized carbons (Fsp3) is 0.600. The van der Waals surface area contributed by atoms with Crippen LogP contribution in [-0.2, 0) is 10.2 Å². The van der Waals surface area contributed by atoms with Crippen LogP contribution in [0.15, 0.2) is 9.39 Å². The highest BCUT2D eigenvalue weighted by Crippen LogP contribution is 2.03. The van der Waals surface area contributed by atoms with Gasteiger partial charge in [-0.1, -0.05) is 0 Å². The van der Waals surface area contributed by atoms with Gasteiger partial charge in [0.25, 0.3) is 0 Å². The first-order valence-electron chi connectivity index (χ1n) is 3.48. The highest BCUT2D eigenvalue weighted by atomic mass is 32.2. The second-order valence-corrected chi connectivity index (χ2v) is 4.65. The van der Waals surface area contributed by atoms with Crippen molar-refractivity contribution in [3.05, 3.63) is 0 Å². The number of nitrogens with two attached hydrogens (primary N) is 1. The lowest BCUT2D eigenvalue weighted by Crippen LogP contribution is -2.39. The van der Waals surface area contributed by atoms with Crippen molar-refractivity contribution in [3.63, 3.8) is 0 Å². The quantitative estimate of drug-likeness (QED) is 0.660. The molecule has 13 heavy (non-hydrogen) atoms. The molecule has 0 spiro atoms. The van der Waals surface area contributed by atoms with Gasteiger partial charge in [0, 0.05) is 12.2 Å². The van der Waals surface area contributed by atoms with E-state index >= 15 is 0 Å². The monoisotopic (exact) mass is 222 g/mol. The topological polar surface area (TPSA) is 96.9 Å². The smallest absolute Gasteiger partial charge is 0.346 e. The predicted molar refractivity (Wildman–Crippen MR) is 54.1 cm³/mol. The molecule has 0 unspecified atom stereocenters. The standard InChI is InChI=1S/C5H10N4O2S2/c1-12-3-2-4-7-5(6)9-13(10,11)8-4/h2-3H2,1H3,(H3,6,7,8,9). The third kappa shape index (κ3) is 3.23. The lowest BCUT2D eigenvalue weighted by atomic mass is 10.4. The van der Waals surface area contributed by atoms with Gasteiger partial charge in [-0.15, -0.1) is 4.40 Å². The SMILES string of the molecule is CSCCC1=NS(=O)(=O)NC(N)=N1. The first-order valence-corrected chi connectivity index (χ1v) is 6.31. The number of hydrogen-bond donors (Lipinski definition) is 2. The number of amidine groups is 1. The molecule has 3 N–H and O–H groups in total. The minimum atomic E-state index is -3.64. The summed E-state index contributed by atoms with van der Waals surface area (Å²) in [5.74, 6) is 0.905. The Kier molecular flexibility index (Phi) is 3.15. The Labute approximate surface area is 80.9 Å². The molecule has 0 bridgehead atoms. The Balaban J connectivity index is 2.78. The van der Waals surface area contributed by atoms with Crippen LogP contribution in [0.4, 0.5) is 0 Å². The average Bonchev–Trinajstić information content (AvgIpc) is 1.97. The second kappa shape index (κ2) is 3.97. The van der Waals surface area contributed by atoms with Crippen LogP contribution in [0.1, 0.15) is 6.42 Å². The van der Waals surface area contributed by atoms with Crippen molar-refractivity contribution in [1.82, 2.24) is 4.72 Å². The van der Waals surface area contributed by atoms with Crippen molar-refractivity contribution in [3.8, 4) is 0 Å². The summed E-state index contributed by atoms with van der Waals surface area (Å²) in [6.45, 7) is 0. The van der Waals surface area contributed by atoms with Crippen molar-refractivity contribution in [2.75, 3.05) is 12.0 Å². The van der Waals surface area contributed by atoms with Crippen LogP contribution >= 0.6 is 11.8 Å². The van der Waals surface area contributed by atoms with Crippen molar-refractivity contribution >= 4 is 33.8 Å². The van der Waals surface area contributed by atoms with Crippen LogP contribution < -0.4 is 10.5 Å². The average molecular weight is 222 g/mol. The van der Waals surface area contributed by atoms with Gasteiger partial charge in [0.05, 0.1) is 0 Å². The molecule has 74 valence electrons. The molecule has 1 rings (SSSR count). The molecule has 0 aliphatic carbocycles. The molecule has 0 aromatic carbocycles. The number of nitrogens with one attached hydrogen (secondary N) is 1. The molecule has 0 fully saturated rings. The maximum atomic E-state index is 11.0. The van der Waals surface area contributed by atoms with Gasteiger partial charge >= 0.3 is 10.2 Å². The van der Waals surface area contributed by atoms with Gasteiger partial charge in [0.2, 0.25) is 5.96 Å². The summed E-state index contributed by atoms with van der Waals surface area (Å²) in [4.78, 5) is 3.76. The Bertz CT molecular complexity index is 346. The number of hydrogen-bond acceptors (Lipinski definition) is 5. The molecule has 0 aromatic rings. The summed E-state index contributed by atoms with van der Waals surface area (Å²) in [5, 5.41) is 0. The van der Waals surface area contributed by atoms with Crippen LogP contribution in [-0.4, -0.2) is 32.2 Å². The van der Waals surface area contributed by atoms with Crippen LogP contribution in [0, 0.1) is 0 Å². The largest absolute Gasteiger partial charge is 0.369 e. The highest BCUT2D eigenvalue weighted by molar-refractivity contribution is 7.98. The minimum Gasteiger partial charge on any atom is -0.369 e. The van der Waals surface area contributed by atoms with E-state index in [-0.39, 0.29) is 11.8 Å². The molecular weight excluding hydrogens is 212 g/mol. The zero-order valence-corrected chi connectivity index (χ0v) is 8.65. The fourth-order valence-electron chi connectivity index (χ4n) is 0.771. The summed E-state index contributed by atoms with van der Waals surface area (Å²) >= 11 is 1.59. The second-order valence-electron chi connectivity index (χ2n) is 2.32. The highest BCUT2D eigenvalue weighted by Gasteiger charge is 2.16. The molecule has 1 aliphatic rings. The molecule has 6 nitrogen and oxygen atoms in total. The van der Waals surface area contributed by atoms with E-state index in [1.807, 2.05) is 11.0 Å². The van der Waals surface area contributed by atoms with Gasteiger partial charge in [-0.3, -0.25) is 0 Å². The molecule has 0 radical (unpaired) electrons. The van der Waals surface area contributed by atoms with E-state index in [9.17, 15) is 8.42 Å². The molecule has 1 heterocycles. The lowest BCUT2D eigenvalue weighted by Gasteiger charge is -2.09. The van der Waals surface area contributed by atoms with E-state index in [0.29, 0.717) is 6.42 Å². The summed E-state index contributed by atoms with van der Waals surface area (Å²) in [6, 6.07) is 0. The third-order valence-corrected chi connectivity index (χ3v) is 2.77. The maximum Gasteiger partial charge on any atom is 0.346 e. The zero-order chi connectivity index (χ0) is 9.90. The fourth-order valence-corrected chi connectivity index (χ4v) is 1.92. The number of rotatable bonds is 3. The van der Waals surface area contributed by atoms with Crippen molar-refractivity contribution in [2.45, 2.75) is 6.42 Å². The van der Waals surface area contributed by atoms with E-state index in [1.165, 1.54) is 0 Å². The van der Waals surface area contributed by atoms with Crippen molar-refractivity contribution in [2.24, 2.45) is 15.1 Å². The Morgan fingerprint density at radius 1 is 1.62 bits per heavy atom. The summed E-state index contributed by atoms with van der Waals surface area (Å²) < 4.78 is 27.3. The number of thioether (sulfide) groups is 1. The summed E-state index contributed by atoms with van der Waals surface area (Å²) in [5.41, 5.74) is 5.24. The first kappa shape index (κ1) is 10.3.